The van der Waals surface area contributed by atoms with E-state index in [4.69, 9.17) is 4.74 Å². The van der Waals surface area contributed by atoms with Gasteiger partial charge in [-0.2, -0.15) is 0 Å². The van der Waals surface area contributed by atoms with Crippen molar-refractivity contribution < 1.29 is 9.53 Å². The summed E-state index contributed by atoms with van der Waals surface area (Å²) in [6.07, 6.45) is 2.92. The molecule has 0 fully saturated rings. The third-order valence-electron chi connectivity index (χ3n) is 3.12. The van der Waals surface area contributed by atoms with Crippen molar-refractivity contribution in [1.82, 2.24) is 0 Å². The Hall–Kier alpha value is -1.45. The second-order valence-electron chi connectivity index (χ2n) is 4.68. The Bertz CT molecular complexity index is 531. The SMILES string of the molecule is CCc1ccc(C(=O)COCCCc2ccccc2)s1. The van der Waals surface area contributed by atoms with Gasteiger partial charge in [0.15, 0.2) is 5.78 Å². The van der Waals surface area contributed by atoms with Gasteiger partial charge in [-0.05, 0) is 37.0 Å². The maximum absolute atomic E-state index is 11.9. The van der Waals surface area contributed by atoms with Crippen LogP contribution >= 0.6 is 11.3 Å². The molecule has 0 aliphatic heterocycles. The van der Waals surface area contributed by atoms with E-state index in [1.54, 1.807) is 11.3 Å². The number of carbonyl (C=O) groups excluding carboxylic acids is 1. The van der Waals surface area contributed by atoms with E-state index in [-0.39, 0.29) is 12.4 Å². The van der Waals surface area contributed by atoms with Crippen LogP contribution in [0.5, 0.6) is 0 Å². The number of thiophene rings is 1. The molecule has 0 atom stereocenters. The molecule has 0 radical (unpaired) electrons. The minimum absolute atomic E-state index is 0.0920. The minimum atomic E-state index is 0.0920. The van der Waals surface area contributed by atoms with Gasteiger partial charge < -0.3 is 4.74 Å². The third-order valence-corrected chi connectivity index (χ3v) is 4.39. The van der Waals surface area contributed by atoms with E-state index < -0.39 is 0 Å². The van der Waals surface area contributed by atoms with E-state index in [1.807, 2.05) is 30.3 Å². The van der Waals surface area contributed by atoms with Gasteiger partial charge in [-0.1, -0.05) is 37.3 Å². The highest BCUT2D eigenvalue weighted by atomic mass is 32.1. The van der Waals surface area contributed by atoms with E-state index >= 15 is 0 Å². The molecular weight excluding hydrogens is 268 g/mol. The molecule has 2 aromatic rings. The van der Waals surface area contributed by atoms with Crippen molar-refractivity contribution in [2.45, 2.75) is 26.2 Å². The van der Waals surface area contributed by atoms with Crippen molar-refractivity contribution in [3.05, 3.63) is 57.8 Å². The fourth-order valence-electron chi connectivity index (χ4n) is 1.98. The average Bonchev–Trinajstić information content (AvgIpc) is 2.97. The van der Waals surface area contributed by atoms with Crippen molar-refractivity contribution in [3.63, 3.8) is 0 Å². The van der Waals surface area contributed by atoms with Gasteiger partial charge in [0.2, 0.25) is 0 Å². The summed E-state index contributed by atoms with van der Waals surface area (Å²) in [6, 6.07) is 14.3. The zero-order valence-electron chi connectivity index (χ0n) is 11.8. The van der Waals surface area contributed by atoms with Gasteiger partial charge in [0.25, 0.3) is 0 Å². The molecule has 20 heavy (non-hydrogen) atoms. The van der Waals surface area contributed by atoms with Crippen LogP contribution in [0.1, 0.15) is 33.5 Å². The molecule has 0 aliphatic rings. The molecule has 0 unspecified atom stereocenters. The van der Waals surface area contributed by atoms with Crippen LogP contribution in [0.15, 0.2) is 42.5 Å². The normalized spacial score (nSPS) is 10.7. The largest absolute Gasteiger partial charge is 0.373 e. The summed E-state index contributed by atoms with van der Waals surface area (Å²) in [7, 11) is 0. The van der Waals surface area contributed by atoms with Crippen LogP contribution in [0.2, 0.25) is 0 Å². The molecule has 3 heteroatoms. The van der Waals surface area contributed by atoms with Gasteiger partial charge in [-0.15, -0.1) is 11.3 Å². The predicted octanol–water partition coefficient (Wildman–Crippen LogP) is 4.14. The number of aryl methyl sites for hydroxylation is 2. The standard InChI is InChI=1S/C17H20O2S/c1-2-15-10-11-17(20-15)16(18)13-19-12-6-9-14-7-4-3-5-8-14/h3-5,7-8,10-11H,2,6,9,12-13H2,1H3. The average molecular weight is 288 g/mol. The summed E-state index contributed by atoms with van der Waals surface area (Å²) in [5, 5.41) is 0. The van der Waals surface area contributed by atoms with Crippen LogP contribution in [0.4, 0.5) is 0 Å². The first-order chi connectivity index (χ1) is 9.79. The van der Waals surface area contributed by atoms with Gasteiger partial charge in [0, 0.05) is 11.5 Å². The van der Waals surface area contributed by atoms with Crippen molar-refractivity contribution in [2.75, 3.05) is 13.2 Å². The predicted molar refractivity (Wildman–Crippen MR) is 83.6 cm³/mol. The highest BCUT2D eigenvalue weighted by Gasteiger charge is 2.08. The Morgan fingerprint density at radius 3 is 2.65 bits per heavy atom. The number of rotatable bonds is 8. The zero-order valence-corrected chi connectivity index (χ0v) is 12.6. The molecule has 1 aromatic heterocycles. The maximum Gasteiger partial charge on any atom is 0.198 e. The lowest BCUT2D eigenvalue weighted by Gasteiger charge is -2.03. The van der Waals surface area contributed by atoms with Crippen LogP contribution < -0.4 is 0 Å². The number of ketones is 1. The molecular formula is C17H20O2S. The summed E-state index contributed by atoms with van der Waals surface area (Å²) in [6.45, 7) is 2.92. The number of hydrogen-bond acceptors (Lipinski definition) is 3. The Morgan fingerprint density at radius 1 is 1.15 bits per heavy atom. The van der Waals surface area contributed by atoms with E-state index in [0.717, 1.165) is 24.1 Å². The van der Waals surface area contributed by atoms with Gasteiger partial charge in [-0.25, -0.2) is 0 Å². The fraction of sp³-hybridized carbons (Fsp3) is 0.353. The second-order valence-corrected chi connectivity index (χ2v) is 5.85. The van der Waals surface area contributed by atoms with Crippen molar-refractivity contribution in [3.8, 4) is 0 Å². The van der Waals surface area contributed by atoms with Crippen molar-refractivity contribution >= 4 is 17.1 Å². The lowest BCUT2D eigenvalue weighted by Crippen LogP contribution is -2.08. The molecule has 0 amide bonds. The first-order valence-corrected chi connectivity index (χ1v) is 7.85. The molecule has 0 aliphatic carbocycles. The summed E-state index contributed by atoms with van der Waals surface area (Å²) >= 11 is 1.57. The summed E-state index contributed by atoms with van der Waals surface area (Å²) < 4.78 is 5.47. The number of hydrogen-bond donors (Lipinski definition) is 0. The third kappa shape index (κ3) is 4.58. The zero-order chi connectivity index (χ0) is 14.2. The maximum atomic E-state index is 11.9. The Kier molecular flexibility index (Phi) is 5.96. The van der Waals surface area contributed by atoms with Gasteiger partial charge in [0.1, 0.15) is 6.61 Å². The van der Waals surface area contributed by atoms with Gasteiger partial charge >= 0.3 is 0 Å². The molecule has 2 rings (SSSR count). The number of benzene rings is 1. The molecule has 0 bridgehead atoms. The van der Waals surface area contributed by atoms with E-state index in [0.29, 0.717) is 6.61 Å². The molecule has 0 spiro atoms. The van der Waals surface area contributed by atoms with Crippen LogP contribution in [0.25, 0.3) is 0 Å². The number of Topliss-reactive ketones (excluding diaryl/α,β-unsaturated/α-hetero) is 1. The van der Waals surface area contributed by atoms with Gasteiger partial charge in [-0.3, -0.25) is 4.79 Å². The lowest BCUT2D eigenvalue weighted by molar-refractivity contribution is 0.0760. The Morgan fingerprint density at radius 2 is 1.95 bits per heavy atom. The Balaban J connectivity index is 1.64. The lowest BCUT2D eigenvalue weighted by atomic mass is 10.1. The molecule has 0 N–H and O–H groups in total. The number of ether oxygens (including phenoxy) is 1. The fourth-order valence-corrected chi connectivity index (χ4v) is 2.85. The van der Waals surface area contributed by atoms with Crippen LogP contribution in [-0.4, -0.2) is 19.0 Å². The van der Waals surface area contributed by atoms with Gasteiger partial charge in [0.05, 0.1) is 4.88 Å². The number of carbonyl (C=O) groups is 1. The smallest absolute Gasteiger partial charge is 0.198 e. The highest BCUT2D eigenvalue weighted by Crippen LogP contribution is 2.17. The van der Waals surface area contributed by atoms with E-state index in [1.165, 1.54) is 10.4 Å². The molecule has 2 nitrogen and oxygen atoms in total. The molecule has 1 aromatic carbocycles. The van der Waals surface area contributed by atoms with Crippen LogP contribution in [0, 0.1) is 0 Å². The molecule has 106 valence electrons. The molecule has 0 saturated heterocycles. The quantitative estimate of drug-likeness (QED) is 0.539. The first-order valence-electron chi connectivity index (χ1n) is 7.03. The summed E-state index contributed by atoms with van der Waals surface area (Å²) in [5.74, 6) is 0.0920. The minimum Gasteiger partial charge on any atom is -0.373 e. The monoisotopic (exact) mass is 288 g/mol. The first kappa shape index (κ1) is 14.9. The van der Waals surface area contributed by atoms with E-state index in [9.17, 15) is 4.79 Å². The summed E-state index contributed by atoms with van der Waals surface area (Å²) in [4.78, 5) is 14.0. The van der Waals surface area contributed by atoms with E-state index in [2.05, 4.69) is 19.1 Å². The van der Waals surface area contributed by atoms with Crippen molar-refractivity contribution in [2.24, 2.45) is 0 Å². The summed E-state index contributed by atoms with van der Waals surface area (Å²) in [5.41, 5.74) is 1.31. The second kappa shape index (κ2) is 7.98. The van der Waals surface area contributed by atoms with Crippen molar-refractivity contribution in [1.29, 1.82) is 0 Å². The molecule has 0 saturated carbocycles. The topological polar surface area (TPSA) is 26.3 Å². The van der Waals surface area contributed by atoms with Crippen LogP contribution in [-0.2, 0) is 17.6 Å². The molecule has 1 heterocycles. The Labute approximate surface area is 124 Å². The van der Waals surface area contributed by atoms with Crippen LogP contribution in [0.3, 0.4) is 0 Å². The highest BCUT2D eigenvalue weighted by molar-refractivity contribution is 7.14.